The van der Waals surface area contributed by atoms with Gasteiger partial charge in [0.05, 0.1) is 6.10 Å². The van der Waals surface area contributed by atoms with Crippen LogP contribution < -0.4 is 5.73 Å². The van der Waals surface area contributed by atoms with E-state index in [-0.39, 0.29) is 0 Å². The van der Waals surface area contributed by atoms with Gasteiger partial charge in [0.1, 0.15) is 0 Å². The zero-order valence-electron chi connectivity index (χ0n) is 9.01. The molecule has 0 aromatic carbocycles. The summed E-state index contributed by atoms with van der Waals surface area (Å²) < 4.78 is 5.57. The second kappa shape index (κ2) is 4.97. The van der Waals surface area contributed by atoms with E-state index in [0.717, 1.165) is 13.2 Å². The normalized spacial score (nSPS) is 23.8. The maximum Gasteiger partial charge on any atom is 0.0576 e. The number of hydrogen-bond acceptors (Lipinski definition) is 2. The Morgan fingerprint density at radius 3 is 2.77 bits per heavy atom. The molecule has 0 aromatic heterocycles. The van der Waals surface area contributed by atoms with Gasteiger partial charge in [-0.1, -0.05) is 20.3 Å². The molecule has 1 heterocycles. The van der Waals surface area contributed by atoms with Gasteiger partial charge in [0, 0.05) is 6.61 Å². The summed E-state index contributed by atoms with van der Waals surface area (Å²) in [5.74, 6) is 0. The molecule has 1 unspecified atom stereocenters. The predicted octanol–water partition coefficient (Wildman–Crippen LogP) is 2.32. The summed E-state index contributed by atoms with van der Waals surface area (Å²) in [7, 11) is 0. The third-order valence-corrected chi connectivity index (χ3v) is 2.96. The van der Waals surface area contributed by atoms with Gasteiger partial charge >= 0.3 is 0 Å². The summed E-state index contributed by atoms with van der Waals surface area (Å²) in [6.07, 6.45) is 6.78. The average molecular weight is 185 g/mol. The van der Waals surface area contributed by atoms with Crippen LogP contribution in [0.3, 0.4) is 0 Å². The molecule has 0 radical (unpaired) electrons. The summed E-state index contributed by atoms with van der Waals surface area (Å²) in [4.78, 5) is 0. The fourth-order valence-corrected chi connectivity index (χ4v) is 1.78. The molecular formula is C11H23NO. The average Bonchev–Trinajstić information content (AvgIpc) is 2.57. The molecule has 0 spiro atoms. The zero-order valence-corrected chi connectivity index (χ0v) is 9.01. The smallest absolute Gasteiger partial charge is 0.0576 e. The van der Waals surface area contributed by atoms with Gasteiger partial charge < -0.3 is 10.5 Å². The van der Waals surface area contributed by atoms with Crippen LogP contribution in [-0.2, 0) is 4.74 Å². The van der Waals surface area contributed by atoms with E-state index in [0.29, 0.717) is 11.5 Å². The van der Waals surface area contributed by atoms with Crippen molar-refractivity contribution in [1.29, 1.82) is 0 Å². The largest absolute Gasteiger partial charge is 0.378 e. The van der Waals surface area contributed by atoms with Crippen molar-refractivity contribution in [1.82, 2.24) is 0 Å². The van der Waals surface area contributed by atoms with E-state index in [9.17, 15) is 0 Å². The lowest BCUT2D eigenvalue weighted by atomic mass is 9.87. The van der Waals surface area contributed by atoms with Crippen LogP contribution in [0.1, 0.15) is 46.0 Å². The van der Waals surface area contributed by atoms with Crippen molar-refractivity contribution in [2.75, 3.05) is 13.2 Å². The van der Waals surface area contributed by atoms with Crippen molar-refractivity contribution < 1.29 is 4.74 Å². The summed E-state index contributed by atoms with van der Waals surface area (Å²) in [5.41, 5.74) is 5.99. The van der Waals surface area contributed by atoms with Gasteiger partial charge in [-0.2, -0.15) is 0 Å². The van der Waals surface area contributed by atoms with E-state index >= 15 is 0 Å². The molecule has 2 nitrogen and oxygen atoms in total. The Morgan fingerprint density at radius 2 is 2.23 bits per heavy atom. The van der Waals surface area contributed by atoms with Crippen LogP contribution in [-0.4, -0.2) is 19.3 Å². The Labute approximate surface area is 81.8 Å². The van der Waals surface area contributed by atoms with Crippen LogP contribution in [0, 0.1) is 5.41 Å². The minimum absolute atomic E-state index is 0.318. The standard InChI is InChI=1S/C11H23NO/c1-11(2,9-12)7-3-5-10-6-4-8-13-10/h10H,3-9,12H2,1-2H3. The lowest BCUT2D eigenvalue weighted by Gasteiger charge is -2.22. The van der Waals surface area contributed by atoms with Crippen molar-refractivity contribution in [3.8, 4) is 0 Å². The quantitative estimate of drug-likeness (QED) is 0.713. The molecule has 0 amide bonds. The third-order valence-electron chi connectivity index (χ3n) is 2.96. The fraction of sp³-hybridized carbons (Fsp3) is 1.00. The maximum absolute atomic E-state index is 5.67. The van der Waals surface area contributed by atoms with E-state index in [1.165, 1.54) is 32.1 Å². The monoisotopic (exact) mass is 185 g/mol. The number of hydrogen-bond donors (Lipinski definition) is 1. The van der Waals surface area contributed by atoms with E-state index in [2.05, 4.69) is 13.8 Å². The van der Waals surface area contributed by atoms with Crippen molar-refractivity contribution in [2.24, 2.45) is 11.1 Å². The number of nitrogens with two attached hydrogens (primary N) is 1. The maximum atomic E-state index is 5.67. The highest BCUT2D eigenvalue weighted by Gasteiger charge is 2.18. The van der Waals surface area contributed by atoms with Crippen LogP contribution in [0.2, 0.25) is 0 Å². The molecule has 0 aromatic rings. The minimum Gasteiger partial charge on any atom is -0.378 e. The topological polar surface area (TPSA) is 35.2 Å². The molecule has 0 aliphatic carbocycles. The molecule has 1 rings (SSSR count). The van der Waals surface area contributed by atoms with Crippen molar-refractivity contribution >= 4 is 0 Å². The van der Waals surface area contributed by atoms with Gasteiger partial charge in [0.25, 0.3) is 0 Å². The molecule has 1 fully saturated rings. The first-order valence-corrected chi connectivity index (χ1v) is 5.46. The van der Waals surface area contributed by atoms with E-state index < -0.39 is 0 Å². The molecule has 2 N–H and O–H groups in total. The van der Waals surface area contributed by atoms with E-state index in [1.54, 1.807) is 0 Å². The fourth-order valence-electron chi connectivity index (χ4n) is 1.78. The summed E-state index contributed by atoms with van der Waals surface area (Å²) in [5, 5.41) is 0. The van der Waals surface area contributed by atoms with Crippen LogP contribution in [0.4, 0.5) is 0 Å². The van der Waals surface area contributed by atoms with Crippen molar-refractivity contribution in [2.45, 2.75) is 52.1 Å². The molecule has 1 saturated heterocycles. The van der Waals surface area contributed by atoms with Gasteiger partial charge in [0.2, 0.25) is 0 Å². The lowest BCUT2D eigenvalue weighted by molar-refractivity contribution is 0.0990. The first kappa shape index (κ1) is 11.0. The summed E-state index contributed by atoms with van der Waals surface area (Å²) in [6.45, 7) is 6.24. The second-order valence-corrected chi connectivity index (χ2v) is 4.90. The molecule has 1 aliphatic heterocycles. The second-order valence-electron chi connectivity index (χ2n) is 4.90. The van der Waals surface area contributed by atoms with Crippen LogP contribution in [0.25, 0.3) is 0 Å². The van der Waals surface area contributed by atoms with E-state index in [1.807, 2.05) is 0 Å². The molecule has 78 valence electrons. The molecular weight excluding hydrogens is 162 g/mol. The third kappa shape index (κ3) is 4.10. The highest BCUT2D eigenvalue weighted by molar-refractivity contribution is 4.71. The van der Waals surface area contributed by atoms with Crippen LogP contribution >= 0.6 is 0 Å². The predicted molar refractivity (Wildman–Crippen MR) is 55.7 cm³/mol. The van der Waals surface area contributed by atoms with Crippen molar-refractivity contribution in [3.63, 3.8) is 0 Å². The zero-order chi connectivity index (χ0) is 9.73. The Kier molecular flexibility index (Phi) is 4.20. The van der Waals surface area contributed by atoms with E-state index in [4.69, 9.17) is 10.5 Å². The Hall–Kier alpha value is -0.0800. The molecule has 2 heteroatoms. The van der Waals surface area contributed by atoms with Gasteiger partial charge in [-0.05, 0) is 37.6 Å². The Bertz CT molecular complexity index is 139. The van der Waals surface area contributed by atoms with Gasteiger partial charge in [0.15, 0.2) is 0 Å². The number of rotatable bonds is 5. The lowest BCUT2D eigenvalue weighted by Crippen LogP contribution is -2.23. The van der Waals surface area contributed by atoms with Crippen molar-refractivity contribution in [3.05, 3.63) is 0 Å². The molecule has 13 heavy (non-hydrogen) atoms. The van der Waals surface area contributed by atoms with Crippen LogP contribution in [0.15, 0.2) is 0 Å². The minimum atomic E-state index is 0.318. The molecule has 1 atom stereocenters. The Balaban J connectivity index is 2.06. The Morgan fingerprint density at radius 1 is 1.46 bits per heavy atom. The first-order chi connectivity index (χ1) is 6.14. The first-order valence-electron chi connectivity index (χ1n) is 5.46. The highest BCUT2D eigenvalue weighted by Crippen LogP contribution is 2.24. The summed E-state index contributed by atoms with van der Waals surface area (Å²) >= 11 is 0. The van der Waals surface area contributed by atoms with Gasteiger partial charge in [-0.3, -0.25) is 0 Å². The molecule has 0 saturated carbocycles. The number of ether oxygens (including phenoxy) is 1. The van der Waals surface area contributed by atoms with Crippen LogP contribution in [0.5, 0.6) is 0 Å². The van der Waals surface area contributed by atoms with Gasteiger partial charge in [-0.15, -0.1) is 0 Å². The van der Waals surface area contributed by atoms with Gasteiger partial charge in [-0.25, -0.2) is 0 Å². The highest BCUT2D eigenvalue weighted by atomic mass is 16.5. The SMILES string of the molecule is CC(C)(CN)CCCC1CCCO1. The molecule has 0 bridgehead atoms. The molecule has 1 aliphatic rings. The summed E-state index contributed by atoms with van der Waals surface area (Å²) in [6, 6.07) is 0.